The normalized spacial score (nSPS) is 11.7. The monoisotopic (exact) mass is 758 g/mol. The highest BCUT2D eigenvalue weighted by atomic mass is 32.2. The number of nitrogens with zero attached hydrogens (tertiary/aromatic N) is 2. The standard InChI is InChI=1S/C34H40N4O10P2S/c1-5-45-49(43,46-6-2)23-25-9-13-27(14-10-25)35-31-19-17-29(21-33(31)37(39)40)51-30-18-20-32(34(22-30)38(41)42)36-28-15-11-26(12-16-28)24-50(44,47-7-3)48-8-4/h9-22,35-36H,5-8,23-24H2,1-4H3. The lowest BCUT2D eigenvalue weighted by Crippen LogP contribution is -2.00. The Morgan fingerprint density at radius 2 is 0.902 bits per heavy atom. The molecule has 51 heavy (non-hydrogen) atoms. The Hall–Kier alpha value is -4.07. The average Bonchev–Trinajstić information content (AvgIpc) is 3.08. The lowest BCUT2D eigenvalue weighted by atomic mass is 10.2. The van der Waals surface area contributed by atoms with Gasteiger partial charge in [0.2, 0.25) is 0 Å². The highest BCUT2D eigenvalue weighted by molar-refractivity contribution is 7.99. The minimum absolute atomic E-state index is 0.0963. The topological polar surface area (TPSA) is 181 Å². The molecule has 4 rings (SSSR count). The predicted molar refractivity (Wildman–Crippen MR) is 199 cm³/mol. The van der Waals surface area contributed by atoms with Crippen LogP contribution in [-0.2, 0) is 39.5 Å². The first-order chi connectivity index (χ1) is 24.4. The fourth-order valence-corrected chi connectivity index (χ4v) is 9.28. The summed E-state index contributed by atoms with van der Waals surface area (Å²) in [6.07, 6.45) is 0.193. The van der Waals surface area contributed by atoms with Crippen LogP contribution in [0.25, 0.3) is 0 Å². The minimum atomic E-state index is -3.29. The molecular formula is C34H40N4O10P2S. The number of benzene rings is 4. The van der Waals surface area contributed by atoms with Gasteiger partial charge in [0.1, 0.15) is 11.4 Å². The van der Waals surface area contributed by atoms with E-state index in [2.05, 4.69) is 10.6 Å². The van der Waals surface area contributed by atoms with Gasteiger partial charge in [-0.25, -0.2) is 0 Å². The molecule has 0 unspecified atom stereocenters. The second kappa shape index (κ2) is 18.4. The van der Waals surface area contributed by atoms with Crippen molar-refractivity contribution in [2.45, 2.75) is 49.8 Å². The zero-order valence-electron chi connectivity index (χ0n) is 28.6. The van der Waals surface area contributed by atoms with Gasteiger partial charge in [-0.15, -0.1) is 0 Å². The summed E-state index contributed by atoms with van der Waals surface area (Å²) in [4.78, 5) is 24.1. The Bertz CT molecular complexity index is 1760. The van der Waals surface area contributed by atoms with E-state index >= 15 is 0 Å². The summed E-state index contributed by atoms with van der Waals surface area (Å²) in [6, 6.07) is 23.2. The van der Waals surface area contributed by atoms with Crippen LogP contribution in [-0.4, -0.2) is 36.3 Å². The van der Waals surface area contributed by atoms with E-state index in [9.17, 15) is 29.4 Å². The summed E-state index contributed by atoms with van der Waals surface area (Å²) < 4.78 is 47.2. The number of hydrogen-bond acceptors (Lipinski definition) is 13. The van der Waals surface area contributed by atoms with Crippen molar-refractivity contribution in [2.75, 3.05) is 37.1 Å². The van der Waals surface area contributed by atoms with Crippen LogP contribution in [0.5, 0.6) is 0 Å². The third-order valence-electron chi connectivity index (χ3n) is 7.09. The maximum atomic E-state index is 12.9. The van der Waals surface area contributed by atoms with Crippen molar-refractivity contribution in [3.63, 3.8) is 0 Å². The van der Waals surface area contributed by atoms with Gasteiger partial charge in [0, 0.05) is 33.3 Å². The molecule has 0 fully saturated rings. The quantitative estimate of drug-likeness (QED) is 0.0494. The van der Waals surface area contributed by atoms with Crippen molar-refractivity contribution >= 4 is 61.1 Å². The average molecular weight is 759 g/mol. The number of hydrogen-bond donors (Lipinski definition) is 2. The summed E-state index contributed by atoms with van der Waals surface area (Å²) in [6.45, 7) is 7.98. The van der Waals surface area contributed by atoms with Crippen LogP contribution in [0, 0.1) is 20.2 Å². The number of rotatable bonds is 20. The van der Waals surface area contributed by atoms with E-state index in [-0.39, 0.29) is 61.5 Å². The fourth-order valence-electron chi connectivity index (χ4n) is 4.99. The third kappa shape index (κ3) is 11.5. The van der Waals surface area contributed by atoms with E-state index in [1.807, 2.05) is 0 Å². The van der Waals surface area contributed by atoms with E-state index in [1.165, 1.54) is 12.1 Å². The molecule has 14 nitrogen and oxygen atoms in total. The minimum Gasteiger partial charge on any atom is -0.350 e. The molecule has 4 aromatic carbocycles. The molecule has 0 aromatic heterocycles. The highest BCUT2D eigenvalue weighted by Crippen LogP contribution is 2.52. The number of anilines is 4. The lowest BCUT2D eigenvalue weighted by molar-refractivity contribution is -0.384. The molecule has 0 bridgehead atoms. The van der Waals surface area contributed by atoms with E-state index in [1.54, 1.807) is 100 Å². The molecule has 0 aliphatic carbocycles. The van der Waals surface area contributed by atoms with E-state index in [4.69, 9.17) is 18.1 Å². The van der Waals surface area contributed by atoms with Gasteiger partial charge in [-0.05, 0) is 87.4 Å². The van der Waals surface area contributed by atoms with Crippen LogP contribution in [0.4, 0.5) is 34.1 Å². The van der Waals surface area contributed by atoms with E-state index < -0.39 is 25.0 Å². The van der Waals surface area contributed by atoms with Crippen molar-refractivity contribution in [2.24, 2.45) is 0 Å². The molecule has 0 radical (unpaired) electrons. The van der Waals surface area contributed by atoms with Gasteiger partial charge in [-0.2, -0.15) is 0 Å². The van der Waals surface area contributed by atoms with Crippen LogP contribution in [0.15, 0.2) is 94.7 Å². The van der Waals surface area contributed by atoms with Crippen LogP contribution in [0.1, 0.15) is 38.8 Å². The number of nitro benzene ring substituents is 2. The van der Waals surface area contributed by atoms with Gasteiger partial charge in [-0.1, -0.05) is 36.0 Å². The van der Waals surface area contributed by atoms with Gasteiger partial charge in [0.05, 0.1) is 48.6 Å². The number of nitrogens with one attached hydrogen (secondary N) is 2. The fraction of sp³-hybridized carbons (Fsp3) is 0.294. The van der Waals surface area contributed by atoms with Crippen LogP contribution >= 0.6 is 27.0 Å². The molecule has 0 spiro atoms. The summed E-state index contributed by atoms with van der Waals surface area (Å²) in [5, 5.41) is 30.2. The smallest absolute Gasteiger partial charge is 0.335 e. The van der Waals surface area contributed by atoms with Crippen molar-refractivity contribution in [3.8, 4) is 0 Å². The van der Waals surface area contributed by atoms with E-state index in [0.717, 1.165) is 22.9 Å². The van der Waals surface area contributed by atoms with Crippen molar-refractivity contribution in [3.05, 3.63) is 116 Å². The molecule has 2 N–H and O–H groups in total. The molecule has 4 aromatic rings. The lowest BCUT2D eigenvalue weighted by Gasteiger charge is -2.17. The summed E-state index contributed by atoms with van der Waals surface area (Å²) >= 11 is 1.15. The molecular weight excluding hydrogens is 718 g/mol. The van der Waals surface area contributed by atoms with Crippen LogP contribution in [0.2, 0.25) is 0 Å². The Kier molecular flexibility index (Phi) is 14.4. The van der Waals surface area contributed by atoms with Crippen molar-refractivity contribution < 1.29 is 37.1 Å². The predicted octanol–water partition coefficient (Wildman–Crippen LogP) is 10.7. The summed E-state index contributed by atoms with van der Waals surface area (Å²) in [5.41, 5.74) is 2.74. The van der Waals surface area contributed by atoms with Crippen LogP contribution in [0.3, 0.4) is 0 Å². The molecule has 0 atom stereocenters. The zero-order valence-corrected chi connectivity index (χ0v) is 31.2. The Balaban J connectivity index is 1.47. The molecule has 17 heteroatoms. The van der Waals surface area contributed by atoms with Gasteiger partial charge < -0.3 is 28.7 Å². The molecule has 0 saturated carbocycles. The first-order valence-electron chi connectivity index (χ1n) is 16.1. The molecule has 0 saturated heterocycles. The largest absolute Gasteiger partial charge is 0.350 e. The van der Waals surface area contributed by atoms with Crippen molar-refractivity contribution in [1.82, 2.24) is 0 Å². The summed E-state index contributed by atoms with van der Waals surface area (Å²) in [5.74, 6) is 0. The Morgan fingerprint density at radius 3 is 1.20 bits per heavy atom. The molecule has 0 aliphatic heterocycles. The second-order valence-corrected chi connectivity index (χ2v) is 16.1. The maximum Gasteiger partial charge on any atom is 0.335 e. The summed E-state index contributed by atoms with van der Waals surface area (Å²) in [7, 11) is -6.57. The Labute approximate surface area is 300 Å². The van der Waals surface area contributed by atoms with Crippen LogP contribution < -0.4 is 10.6 Å². The SMILES string of the molecule is CCOP(=O)(Cc1ccc(Nc2ccc(Sc3ccc(Nc4ccc(CP(=O)(OCC)OCC)cc4)c([N+](=O)[O-])c3)cc2[N+](=O)[O-])cc1)OCC. The Morgan fingerprint density at radius 1 is 0.569 bits per heavy atom. The first kappa shape index (κ1) is 39.7. The second-order valence-electron chi connectivity index (χ2n) is 10.8. The number of nitro groups is 2. The van der Waals surface area contributed by atoms with Crippen molar-refractivity contribution in [1.29, 1.82) is 0 Å². The molecule has 0 amide bonds. The zero-order chi connectivity index (χ0) is 37.0. The van der Waals surface area contributed by atoms with Gasteiger partial charge >= 0.3 is 15.2 Å². The van der Waals surface area contributed by atoms with E-state index in [0.29, 0.717) is 21.2 Å². The highest BCUT2D eigenvalue weighted by Gasteiger charge is 2.25. The van der Waals surface area contributed by atoms with Gasteiger partial charge in [-0.3, -0.25) is 29.4 Å². The molecule has 0 heterocycles. The first-order valence-corrected chi connectivity index (χ1v) is 20.4. The molecule has 272 valence electrons. The maximum absolute atomic E-state index is 12.9. The molecule has 0 aliphatic rings. The van der Waals surface area contributed by atoms with Gasteiger partial charge in [0.15, 0.2) is 0 Å². The van der Waals surface area contributed by atoms with Gasteiger partial charge in [0.25, 0.3) is 11.4 Å². The third-order valence-corrected chi connectivity index (χ3v) is 12.2.